The van der Waals surface area contributed by atoms with Crippen molar-refractivity contribution >= 4 is 5.82 Å². The van der Waals surface area contributed by atoms with Gasteiger partial charge in [-0.2, -0.15) is 0 Å². The molecule has 0 aromatic carbocycles. The zero-order chi connectivity index (χ0) is 9.68. The minimum Gasteiger partial charge on any atom is -0.384 e. The van der Waals surface area contributed by atoms with Gasteiger partial charge in [0, 0.05) is 18.2 Å². The molecule has 0 aliphatic heterocycles. The summed E-state index contributed by atoms with van der Waals surface area (Å²) < 4.78 is 0. The van der Waals surface area contributed by atoms with Crippen LogP contribution >= 0.6 is 0 Å². The van der Waals surface area contributed by atoms with Crippen LogP contribution in [0.5, 0.6) is 0 Å². The Balaban J connectivity index is 2.78. The first-order chi connectivity index (χ1) is 6.27. The molecule has 1 rings (SSSR count). The Morgan fingerprint density at radius 3 is 2.85 bits per heavy atom. The van der Waals surface area contributed by atoms with E-state index in [4.69, 9.17) is 5.73 Å². The third-order valence-corrected chi connectivity index (χ3v) is 2.15. The number of rotatable bonds is 4. The summed E-state index contributed by atoms with van der Waals surface area (Å²) in [5, 5.41) is 3.16. The molecule has 0 aliphatic carbocycles. The van der Waals surface area contributed by atoms with Crippen LogP contribution in [0.3, 0.4) is 0 Å². The predicted octanol–water partition coefficient (Wildman–Crippen LogP) is 1.38. The van der Waals surface area contributed by atoms with E-state index in [0.717, 1.165) is 18.7 Å². The van der Waals surface area contributed by atoms with E-state index in [1.807, 2.05) is 25.2 Å². The second-order valence-electron chi connectivity index (χ2n) is 3.15. The van der Waals surface area contributed by atoms with E-state index in [1.165, 1.54) is 0 Å². The second kappa shape index (κ2) is 4.82. The lowest BCUT2D eigenvalue weighted by Crippen LogP contribution is -2.17. The zero-order valence-electron chi connectivity index (χ0n) is 8.25. The summed E-state index contributed by atoms with van der Waals surface area (Å²) in [6.45, 7) is 3.11. The molecule has 0 amide bonds. The Bertz CT molecular complexity index is 260. The van der Waals surface area contributed by atoms with Crippen LogP contribution in [0, 0.1) is 0 Å². The molecule has 3 nitrogen and oxygen atoms in total. The van der Waals surface area contributed by atoms with Crippen LogP contribution in [-0.2, 0) is 0 Å². The molecule has 0 saturated carbocycles. The van der Waals surface area contributed by atoms with Crippen LogP contribution in [0.25, 0.3) is 0 Å². The fraction of sp³-hybridized carbons (Fsp3) is 0.500. The van der Waals surface area contributed by atoms with Crippen molar-refractivity contribution in [1.82, 2.24) is 10.3 Å². The smallest absolute Gasteiger partial charge is 0.123 e. The quantitative estimate of drug-likeness (QED) is 0.734. The van der Waals surface area contributed by atoms with E-state index in [2.05, 4.69) is 17.2 Å². The van der Waals surface area contributed by atoms with Gasteiger partial charge in [0.2, 0.25) is 0 Å². The van der Waals surface area contributed by atoms with Crippen molar-refractivity contribution in [3.8, 4) is 0 Å². The molecule has 0 bridgehead atoms. The summed E-state index contributed by atoms with van der Waals surface area (Å²) in [5.41, 5.74) is 6.70. The molecule has 1 unspecified atom stereocenters. The fourth-order valence-corrected chi connectivity index (χ4v) is 1.40. The summed E-state index contributed by atoms with van der Waals surface area (Å²) in [6, 6.07) is 5.80. The molecule has 1 aromatic heterocycles. The van der Waals surface area contributed by atoms with Crippen LogP contribution < -0.4 is 11.1 Å². The van der Waals surface area contributed by atoms with Crippen LogP contribution in [-0.4, -0.2) is 18.6 Å². The van der Waals surface area contributed by atoms with Gasteiger partial charge < -0.3 is 11.1 Å². The maximum Gasteiger partial charge on any atom is 0.123 e. The van der Waals surface area contributed by atoms with Crippen LogP contribution in [0.4, 0.5) is 5.82 Å². The third-order valence-electron chi connectivity index (χ3n) is 2.15. The summed E-state index contributed by atoms with van der Waals surface area (Å²) in [5.74, 6) is 1.07. The van der Waals surface area contributed by atoms with Crippen LogP contribution in [0.2, 0.25) is 0 Å². The lowest BCUT2D eigenvalue weighted by molar-refractivity contribution is 0.598. The first-order valence-electron chi connectivity index (χ1n) is 4.65. The highest BCUT2D eigenvalue weighted by molar-refractivity contribution is 5.30. The number of pyridine rings is 1. The number of hydrogen-bond donors (Lipinski definition) is 2. The lowest BCUT2D eigenvalue weighted by atomic mass is 10.0. The van der Waals surface area contributed by atoms with E-state index in [1.54, 1.807) is 0 Å². The minimum absolute atomic E-state index is 0.466. The van der Waals surface area contributed by atoms with Crippen molar-refractivity contribution in [3.05, 3.63) is 23.9 Å². The number of aromatic nitrogens is 1. The molecular formula is C10H17N3. The van der Waals surface area contributed by atoms with Gasteiger partial charge in [-0.15, -0.1) is 0 Å². The van der Waals surface area contributed by atoms with Gasteiger partial charge in [-0.3, -0.25) is 0 Å². The van der Waals surface area contributed by atoms with Gasteiger partial charge in [0.25, 0.3) is 0 Å². The van der Waals surface area contributed by atoms with Crippen LogP contribution in [0.15, 0.2) is 18.2 Å². The van der Waals surface area contributed by atoms with Crippen molar-refractivity contribution in [1.29, 1.82) is 0 Å². The number of likely N-dealkylation sites (N-methyl/N-ethyl adjacent to an activating group) is 1. The molecule has 0 saturated heterocycles. The highest BCUT2D eigenvalue weighted by atomic mass is 14.9. The van der Waals surface area contributed by atoms with Gasteiger partial charge >= 0.3 is 0 Å². The number of nitrogens with two attached hydrogens (primary N) is 1. The molecule has 3 heteroatoms. The zero-order valence-corrected chi connectivity index (χ0v) is 8.25. The van der Waals surface area contributed by atoms with Crippen LogP contribution in [0.1, 0.15) is 25.0 Å². The van der Waals surface area contributed by atoms with E-state index in [9.17, 15) is 0 Å². The number of anilines is 1. The Hall–Kier alpha value is -1.09. The van der Waals surface area contributed by atoms with Crippen molar-refractivity contribution in [2.45, 2.75) is 19.3 Å². The second-order valence-corrected chi connectivity index (χ2v) is 3.15. The van der Waals surface area contributed by atoms with Gasteiger partial charge in [0.05, 0.1) is 0 Å². The molecule has 1 atom stereocenters. The van der Waals surface area contributed by atoms with Crippen molar-refractivity contribution < 1.29 is 0 Å². The molecule has 72 valence electrons. The molecule has 1 aromatic rings. The molecular weight excluding hydrogens is 162 g/mol. The summed E-state index contributed by atoms with van der Waals surface area (Å²) in [4.78, 5) is 4.30. The van der Waals surface area contributed by atoms with Crippen molar-refractivity contribution in [2.24, 2.45) is 0 Å². The standard InChI is InChI=1S/C10H17N3/c1-3-8(7-12-2)9-5-4-6-10(11)13-9/h4-6,8,12H,3,7H2,1-2H3,(H2,11,13). The predicted molar refractivity (Wildman–Crippen MR) is 55.6 cm³/mol. The topological polar surface area (TPSA) is 50.9 Å². The molecule has 0 spiro atoms. The fourth-order valence-electron chi connectivity index (χ4n) is 1.40. The van der Waals surface area contributed by atoms with Gasteiger partial charge in [-0.05, 0) is 25.6 Å². The lowest BCUT2D eigenvalue weighted by Gasteiger charge is -2.13. The van der Waals surface area contributed by atoms with E-state index >= 15 is 0 Å². The Morgan fingerprint density at radius 1 is 1.54 bits per heavy atom. The summed E-state index contributed by atoms with van der Waals surface area (Å²) in [6.07, 6.45) is 1.08. The molecule has 3 N–H and O–H groups in total. The summed E-state index contributed by atoms with van der Waals surface area (Å²) in [7, 11) is 1.95. The van der Waals surface area contributed by atoms with Gasteiger partial charge in [0.1, 0.15) is 5.82 Å². The van der Waals surface area contributed by atoms with Gasteiger partial charge in [-0.25, -0.2) is 4.98 Å². The first kappa shape index (κ1) is 9.99. The SMILES string of the molecule is CCC(CNC)c1cccc(N)n1. The number of nitrogens with zero attached hydrogens (tertiary/aromatic N) is 1. The molecule has 0 fully saturated rings. The Kier molecular flexibility index (Phi) is 3.71. The molecule has 13 heavy (non-hydrogen) atoms. The summed E-state index contributed by atoms with van der Waals surface area (Å²) >= 11 is 0. The number of nitrogen functional groups attached to an aromatic ring is 1. The molecule has 0 aliphatic rings. The van der Waals surface area contributed by atoms with Crippen molar-refractivity contribution in [2.75, 3.05) is 19.3 Å². The largest absolute Gasteiger partial charge is 0.384 e. The maximum atomic E-state index is 5.62. The van der Waals surface area contributed by atoms with Crippen molar-refractivity contribution in [3.63, 3.8) is 0 Å². The Labute approximate surface area is 79.4 Å². The van der Waals surface area contributed by atoms with Gasteiger partial charge in [0.15, 0.2) is 0 Å². The average molecular weight is 179 g/mol. The number of nitrogens with one attached hydrogen (secondary N) is 1. The van der Waals surface area contributed by atoms with E-state index in [-0.39, 0.29) is 0 Å². The highest BCUT2D eigenvalue weighted by Gasteiger charge is 2.09. The van der Waals surface area contributed by atoms with E-state index in [0.29, 0.717) is 11.7 Å². The van der Waals surface area contributed by atoms with E-state index < -0.39 is 0 Å². The number of hydrogen-bond acceptors (Lipinski definition) is 3. The maximum absolute atomic E-state index is 5.62. The normalized spacial score (nSPS) is 12.8. The highest BCUT2D eigenvalue weighted by Crippen LogP contribution is 2.16. The first-order valence-corrected chi connectivity index (χ1v) is 4.65. The Morgan fingerprint density at radius 2 is 2.31 bits per heavy atom. The molecule has 1 heterocycles. The average Bonchev–Trinajstić information content (AvgIpc) is 2.14. The molecule has 0 radical (unpaired) electrons. The third kappa shape index (κ3) is 2.70. The minimum atomic E-state index is 0.466. The monoisotopic (exact) mass is 179 g/mol. The van der Waals surface area contributed by atoms with Gasteiger partial charge in [-0.1, -0.05) is 13.0 Å².